The molecule has 0 radical (unpaired) electrons. The minimum Gasteiger partial charge on any atom is -0.394 e. The van der Waals surface area contributed by atoms with Crippen LogP contribution in [0.25, 0.3) is 10.4 Å². The van der Waals surface area contributed by atoms with Crippen LogP contribution in [0.4, 0.5) is 0 Å². The van der Waals surface area contributed by atoms with E-state index in [1.807, 2.05) is 0 Å². The smallest absolute Gasteiger partial charge is 0.200 e. The fourth-order valence-electron chi connectivity index (χ4n) is 0.855. The Morgan fingerprint density at radius 1 is 1.47 bits per heavy atom. The zero-order valence-corrected chi connectivity index (χ0v) is 7.50. The van der Waals surface area contributed by atoms with Crippen LogP contribution in [0.3, 0.4) is 0 Å². The van der Waals surface area contributed by atoms with Gasteiger partial charge in [-0.1, -0.05) is 5.11 Å². The molecule has 0 aliphatic carbocycles. The molecule has 0 fully saturated rings. The Morgan fingerprint density at radius 2 is 2.00 bits per heavy atom. The van der Waals surface area contributed by atoms with Crippen LogP contribution in [0, 0.1) is 0 Å². The molecule has 0 unspecified atom stereocenters. The molecule has 0 spiro atoms. The van der Waals surface area contributed by atoms with Gasteiger partial charge in [-0.05, 0) is 5.53 Å². The largest absolute Gasteiger partial charge is 0.394 e. The summed E-state index contributed by atoms with van der Waals surface area (Å²) in [4.78, 5) is 12.2. The number of aldehydes is 1. The van der Waals surface area contributed by atoms with E-state index >= 15 is 0 Å². The van der Waals surface area contributed by atoms with Crippen molar-refractivity contribution >= 4 is 6.29 Å². The van der Waals surface area contributed by atoms with Gasteiger partial charge < -0.3 is 30.3 Å². The monoisotopic (exact) mass is 221 g/mol. The predicted molar refractivity (Wildman–Crippen MR) is 45.3 cm³/mol. The van der Waals surface area contributed by atoms with E-state index in [0.29, 0.717) is 0 Å². The number of rotatable bonds is 6. The van der Waals surface area contributed by atoms with Crippen LogP contribution in [0.5, 0.6) is 0 Å². The molecule has 0 aromatic rings. The van der Waals surface area contributed by atoms with Crippen LogP contribution >= 0.6 is 0 Å². The third kappa shape index (κ3) is 2.86. The lowest BCUT2D eigenvalue weighted by atomic mass is 9.97. The van der Waals surface area contributed by atoms with Gasteiger partial charge in [0.25, 0.3) is 0 Å². The van der Waals surface area contributed by atoms with E-state index in [9.17, 15) is 15.0 Å². The second-order valence-electron chi connectivity index (χ2n) is 2.74. The van der Waals surface area contributed by atoms with Crippen molar-refractivity contribution in [3.8, 4) is 0 Å². The maximum atomic E-state index is 10.1. The summed E-state index contributed by atoms with van der Waals surface area (Å²) in [6.45, 7) is -1.03. The Morgan fingerprint density at radius 3 is 2.33 bits per heavy atom. The van der Waals surface area contributed by atoms with Gasteiger partial charge in [-0.2, -0.15) is 0 Å². The van der Waals surface area contributed by atoms with Crippen molar-refractivity contribution in [2.45, 2.75) is 24.0 Å². The molecule has 0 aromatic carbocycles. The Kier molecular flexibility index (Phi) is 5.15. The molecule has 0 bridgehead atoms. The summed E-state index contributed by atoms with van der Waals surface area (Å²) in [5.74, 6) is 0. The Hall–Kier alpha value is -1.22. The van der Waals surface area contributed by atoms with Gasteiger partial charge >= 0.3 is 0 Å². The first-order valence-corrected chi connectivity index (χ1v) is 3.83. The fraction of sp³-hybridized carbons (Fsp3) is 0.833. The zero-order valence-electron chi connectivity index (χ0n) is 7.50. The second-order valence-corrected chi connectivity index (χ2v) is 2.74. The minimum absolute atomic E-state index is 0.118. The molecule has 9 heteroatoms. The molecular weight excluding hydrogens is 210 g/mol. The van der Waals surface area contributed by atoms with Gasteiger partial charge in [0.2, 0.25) is 5.72 Å². The average molecular weight is 221 g/mol. The maximum absolute atomic E-state index is 10.1. The molecule has 86 valence electrons. The fourth-order valence-corrected chi connectivity index (χ4v) is 0.855. The number of hydrogen-bond acceptors (Lipinski definition) is 7. The lowest BCUT2D eigenvalue weighted by Crippen LogP contribution is -2.56. The van der Waals surface area contributed by atoms with Gasteiger partial charge in [0.05, 0.1) is 6.61 Å². The summed E-state index contributed by atoms with van der Waals surface area (Å²) in [7, 11) is 0. The standard InChI is InChI=1S/C6H11N3O6/c7-9-8-6(15,4(13)2-11)5(14)3(12)1-10/h1,3-5,11-15H,2H2/t3-,4+,5+,6+/m0/s1. The Bertz CT molecular complexity index is 268. The van der Waals surface area contributed by atoms with Crippen molar-refractivity contribution in [1.82, 2.24) is 0 Å². The maximum Gasteiger partial charge on any atom is 0.200 e. The topological polar surface area (TPSA) is 167 Å². The minimum atomic E-state index is -2.87. The third-order valence-electron chi connectivity index (χ3n) is 1.77. The van der Waals surface area contributed by atoms with Crippen LogP contribution in [0.15, 0.2) is 5.11 Å². The highest BCUT2D eigenvalue weighted by molar-refractivity contribution is 5.57. The number of hydrogen-bond donors (Lipinski definition) is 5. The lowest BCUT2D eigenvalue weighted by Gasteiger charge is -2.32. The van der Waals surface area contributed by atoms with E-state index in [-0.39, 0.29) is 6.29 Å². The van der Waals surface area contributed by atoms with E-state index in [1.165, 1.54) is 0 Å². The van der Waals surface area contributed by atoms with Gasteiger partial charge in [0.1, 0.15) is 18.3 Å². The highest BCUT2D eigenvalue weighted by Crippen LogP contribution is 2.20. The van der Waals surface area contributed by atoms with Crippen LogP contribution in [0.2, 0.25) is 0 Å². The molecule has 0 aromatic heterocycles. The highest BCUT2D eigenvalue weighted by atomic mass is 16.4. The van der Waals surface area contributed by atoms with Crippen molar-refractivity contribution in [2.24, 2.45) is 5.11 Å². The van der Waals surface area contributed by atoms with E-state index < -0.39 is 30.6 Å². The molecule has 0 heterocycles. The normalized spacial score (nSPS) is 20.6. The van der Waals surface area contributed by atoms with Crippen molar-refractivity contribution in [1.29, 1.82) is 0 Å². The van der Waals surface area contributed by atoms with Crippen LogP contribution in [-0.4, -0.2) is 62.5 Å². The Balaban J connectivity index is 5.09. The number of aliphatic hydroxyl groups excluding tert-OH is 4. The SMILES string of the molecule is [N-]=[N+]=N[C@@](O)([C@H](O)CO)[C@H](O)[C@@H](O)C=O. The van der Waals surface area contributed by atoms with Gasteiger partial charge in [-0.25, -0.2) is 0 Å². The van der Waals surface area contributed by atoms with E-state index in [4.69, 9.17) is 20.9 Å². The number of azide groups is 1. The molecule has 0 saturated heterocycles. The molecule has 0 saturated carbocycles. The summed E-state index contributed by atoms with van der Waals surface area (Å²) < 4.78 is 0. The van der Waals surface area contributed by atoms with E-state index in [2.05, 4.69) is 10.0 Å². The first-order chi connectivity index (χ1) is 6.93. The van der Waals surface area contributed by atoms with Crippen LogP contribution in [0.1, 0.15) is 0 Å². The summed E-state index contributed by atoms with van der Waals surface area (Å²) in [6, 6.07) is 0. The lowest BCUT2D eigenvalue weighted by molar-refractivity contribution is -0.180. The van der Waals surface area contributed by atoms with Crippen LogP contribution in [-0.2, 0) is 4.79 Å². The summed E-state index contributed by atoms with van der Waals surface area (Å²) in [6.07, 6.45) is -6.44. The molecule has 4 atom stereocenters. The summed E-state index contributed by atoms with van der Waals surface area (Å²) >= 11 is 0. The number of carbonyl (C=O) groups excluding carboxylic acids is 1. The number of nitrogens with zero attached hydrogens (tertiary/aromatic N) is 3. The van der Waals surface area contributed by atoms with Gasteiger partial charge in [-0.15, -0.1) is 0 Å². The quantitative estimate of drug-likeness (QED) is 0.141. The molecule has 5 N–H and O–H groups in total. The van der Waals surface area contributed by atoms with Crippen LogP contribution < -0.4 is 0 Å². The molecule has 0 amide bonds. The number of aliphatic hydroxyl groups is 5. The Labute approximate surface area is 83.8 Å². The molecule has 0 rings (SSSR count). The van der Waals surface area contributed by atoms with Gasteiger partial charge in [0, 0.05) is 4.91 Å². The first kappa shape index (κ1) is 13.8. The summed E-state index contributed by atoms with van der Waals surface area (Å²) in [5, 5.41) is 47.8. The highest BCUT2D eigenvalue weighted by Gasteiger charge is 2.45. The molecular formula is C6H11N3O6. The molecule has 9 nitrogen and oxygen atoms in total. The average Bonchev–Trinajstić information content (AvgIpc) is 2.25. The number of carbonyl (C=O) groups is 1. The van der Waals surface area contributed by atoms with Crippen molar-refractivity contribution in [3.63, 3.8) is 0 Å². The zero-order chi connectivity index (χ0) is 12.1. The van der Waals surface area contributed by atoms with E-state index in [0.717, 1.165) is 0 Å². The van der Waals surface area contributed by atoms with Crippen molar-refractivity contribution < 1.29 is 30.3 Å². The van der Waals surface area contributed by atoms with E-state index in [1.54, 1.807) is 0 Å². The predicted octanol–water partition coefficient (Wildman–Crippen LogP) is -2.74. The molecule has 0 aliphatic heterocycles. The van der Waals surface area contributed by atoms with Crippen molar-refractivity contribution in [2.75, 3.05) is 6.61 Å². The third-order valence-corrected chi connectivity index (χ3v) is 1.77. The summed E-state index contributed by atoms with van der Waals surface area (Å²) in [5.41, 5.74) is 5.20. The molecule has 0 aliphatic rings. The first-order valence-electron chi connectivity index (χ1n) is 3.83. The van der Waals surface area contributed by atoms with Gasteiger partial charge in [0.15, 0.2) is 6.29 Å². The van der Waals surface area contributed by atoms with Crippen molar-refractivity contribution in [3.05, 3.63) is 10.4 Å². The van der Waals surface area contributed by atoms with Gasteiger partial charge in [-0.3, -0.25) is 0 Å². The second kappa shape index (κ2) is 5.61. The molecule has 15 heavy (non-hydrogen) atoms.